The van der Waals surface area contributed by atoms with Crippen molar-refractivity contribution in [3.63, 3.8) is 0 Å². The zero-order valence-corrected chi connectivity index (χ0v) is 62.8. The van der Waals surface area contributed by atoms with Crippen molar-refractivity contribution in [3.8, 4) is 0 Å². The predicted molar refractivity (Wildman–Crippen MR) is 407 cm³/mol. The number of unbranched alkanes of at least 4 members (excludes halogenated alkanes) is 68. The smallest absolute Gasteiger partial charge is 0.305 e. The quantitative estimate of drug-likeness (QED) is 0.0320. The van der Waals surface area contributed by atoms with E-state index >= 15 is 0 Å². The maximum Gasteiger partial charge on any atom is 0.305 e. The van der Waals surface area contributed by atoms with Crippen LogP contribution in [0.1, 0.15) is 489 Å². The van der Waals surface area contributed by atoms with Crippen molar-refractivity contribution < 1.29 is 24.5 Å². The highest BCUT2D eigenvalue weighted by Gasteiger charge is 2.18. The van der Waals surface area contributed by atoms with Gasteiger partial charge in [0, 0.05) is 12.8 Å². The Bertz CT molecular complexity index is 1450. The molecule has 0 rings (SSSR count). The zero-order valence-electron chi connectivity index (χ0n) is 62.8. The molecule has 2 atom stereocenters. The van der Waals surface area contributed by atoms with Gasteiger partial charge in [-0.3, -0.25) is 9.59 Å². The maximum atomic E-state index is 12.6. The molecule has 3 N–H and O–H groups in total. The summed E-state index contributed by atoms with van der Waals surface area (Å²) in [6.07, 6.45) is 106. The van der Waals surface area contributed by atoms with Gasteiger partial charge in [-0.1, -0.05) is 443 Å². The highest BCUT2D eigenvalue weighted by Crippen LogP contribution is 2.21. The van der Waals surface area contributed by atoms with E-state index in [1.165, 1.54) is 424 Å². The molecule has 6 nitrogen and oxygen atoms in total. The lowest BCUT2D eigenvalue weighted by Crippen LogP contribution is -2.45. The van der Waals surface area contributed by atoms with E-state index in [-0.39, 0.29) is 18.5 Å². The Labute approximate surface area is 577 Å². The minimum absolute atomic E-state index is 0.0213. The van der Waals surface area contributed by atoms with Crippen molar-refractivity contribution in [1.82, 2.24) is 5.32 Å². The molecule has 92 heavy (non-hydrogen) atoms. The second-order valence-electron chi connectivity index (χ2n) is 29.5. The Kier molecular flexibility index (Phi) is 80.3. The number of hydrogen-bond donors (Lipinski definition) is 3. The van der Waals surface area contributed by atoms with E-state index in [2.05, 4.69) is 31.3 Å². The van der Waals surface area contributed by atoms with Gasteiger partial charge in [0.25, 0.3) is 0 Å². The summed E-state index contributed by atoms with van der Waals surface area (Å²) >= 11 is 0. The molecule has 0 radical (unpaired) electrons. The molecule has 0 aromatic heterocycles. The average Bonchev–Trinajstić information content (AvgIpc) is 3.60. The SMILES string of the molecule is CCCCCCCC/C=C\CCCCCCCCCCCC(=O)OCCCCCCCCCCCCCCCCCCCCCCCCCCCCCCCCCC(=O)NC(CO)C(O)/C=C/CCCCCCCCCCCCCCCCCCCCCCCCC. The minimum Gasteiger partial charge on any atom is -0.466 e. The van der Waals surface area contributed by atoms with Crippen LogP contribution in [0.15, 0.2) is 24.3 Å². The van der Waals surface area contributed by atoms with Gasteiger partial charge in [0.2, 0.25) is 5.91 Å². The van der Waals surface area contributed by atoms with Crippen LogP contribution in [0.2, 0.25) is 0 Å². The molecule has 0 saturated carbocycles. The number of aliphatic hydroxyl groups is 2. The van der Waals surface area contributed by atoms with Crippen molar-refractivity contribution in [1.29, 1.82) is 0 Å². The number of aliphatic hydroxyl groups excluding tert-OH is 2. The van der Waals surface area contributed by atoms with Crippen molar-refractivity contribution in [3.05, 3.63) is 24.3 Å². The molecule has 0 aliphatic rings. The summed E-state index contributed by atoms with van der Waals surface area (Å²) in [5.74, 6) is -0.0365. The Morgan fingerprint density at radius 3 is 0.772 bits per heavy atom. The van der Waals surface area contributed by atoms with Crippen molar-refractivity contribution in [2.75, 3.05) is 13.2 Å². The number of carbonyl (C=O) groups is 2. The third-order valence-electron chi connectivity index (χ3n) is 20.2. The minimum atomic E-state index is -0.843. The summed E-state index contributed by atoms with van der Waals surface area (Å²) in [4.78, 5) is 24.7. The highest BCUT2D eigenvalue weighted by molar-refractivity contribution is 5.76. The number of allylic oxidation sites excluding steroid dienone is 3. The molecular weight excluding hydrogens is 1130 g/mol. The molecule has 546 valence electrons. The van der Waals surface area contributed by atoms with Crippen LogP contribution in [0, 0.1) is 0 Å². The predicted octanol–water partition coefficient (Wildman–Crippen LogP) is 28.4. The molecule has 6 heteroatoms. The van der Waals surface area contributed by atoms with Gasteiger partial charge in [-0.2, -0.15) is 0 Å². The topological polar surface area (TPSA) is 95.9 Å². The normalized spacial score (nSPS) is 12.5. The van der Waals surface area contributed by atoms with Crippen LogP contribution >= 0.6 is 0 Å². The fraction of sp³-hybridized carbons (Fsp3) is 0.930. The Morgan fingerprint density at radius 2 is 0.511 bits per heavy atom. The number of carbonyl (C=O) groups excluding carboxylic acids is 2. The first-order valence-corrected chi connectivity index (χ1v) is 42.6. The van der Waals surface area contributed by atoms with Gasteiger partial charge in [0.05, 0.1) is 25.4 Å². The number of ether oxygens (including phenoxy) is 1. The van der Waals surface area contributed by atoms with E-state index in [1.54, 1.807) is 6.08 Å². The molecule has 0 aliphatic heterocycles. The van der Waals surface area contributed by atoms with Gasteiger partial charge in [-0.05, 0) is 57.8 Å². The van der Waals surface area contributed by atoms with Crippen LogP contribution in [0.25, 0.3) is 0 Å². The van der Waals surface area contributed by atoms with Crippen LogP contribution in [0.3, 0.4) is 0 Å². The Hall–Kier alpha value is -1.66. The number of esters is 1. The molecule has 0 aliphatic carbocycles. The second kappa shape index (κ2) is 81.8. The molecule has 0 fully saturated rings. The van der Waals surface area contributed by atoms with Gasteiger partial charge in [0.1, 0.15) is 0 Å². The third-order valence-corrected chi connectivity index (χ3v) is 20.2. The standard InChI is InChI=1S/C86H167NO5/c1-3-5-7-9-11-13-15-17-19-21-23-24-25-33-36-39-43-46-50-54-58-62-66-70-74-78-84(89)83(82-88)87-85(90)79-75-71-67-63-59-55-51-47-44-40-37-34-31-29-27-26-28-30-32-35-38-41-45-49-53-57-61-65-69-73-77-81-92-86(91)80-76-72-68-64-60-56-52-48-42-22-20-18-16-14-12-10-8-6-4-2/h18,20,74,78,83-84,88-89H,3-17,19,21-73,75-77,79-82H2,1-2H3,(H,87,90)/b20-18-,78-74+. The fourth-order valence-electron chi connectivity index (χ4n) is 13.8. The van der Waals surface area contributed by atoms with E-state index in [1.807, 2.05) is 6.08 Å². The molecular formula is C86H167NO5. The first-order valence-electron chi connectivity index (χ1n) is 42.6. The van der Waals surface area contributed by atoms with E-state index in [0.717, 1.165) is 38.5 Å². The first kappa shape index (κ1) is 90.3. The Balaban J connectivity index is 3.34. The number of nitrogens with one attached hydrogen (secondary N) is 1. The summed E-state index contributed by atoms with van der Waals surface area (Å²) in [6.45, 7) is 4.96. The third kappa shape index (κ3) is 77.3. The Morgan fingerprint density at radius 1 is 0.293 bits per heavy atom. The van der Waals surface area contributed by atoms with Crippen molar-refractivity contribution >= 4 is 11.9 Å². The summed E-state index contributed by atoms with van der Waals surface area (Å²) in [5.41, 5.74) is 0. The van der Waals surface area contributed by atoms with Crippen molar-refractivity contribution in [2.24, 2.45) is 0 Å². The lowest BCUT2D eigenvalue weighted by atomic mass is 10.0. The summed E-state index contributed by atoms with van der Waals surface area (Å²) in [7, 11) is 0. The lowest BCUT2D eigenvalue weighted by Gasteiger charge is -2.20. The van der Waals surface area contributed by atoms with Gasteiger partial charge in [0.15, 0.2) is 0 Å². The van der Waals surface area contributed by atoms with Gasteiger partial charge in [-0.25, -0.2) is 0 Å². The van der Waals surface area contributed by atoms with Gasteiger partial charge >= 0.3 is 5.97 Å². The van der Waals surface area contributed by atoms with E-state index in [0.29, 0.717) is 19.4 Å². The van der Waals surface area contributed by atoms with Crippen LogP contribution in [0.5, 0.6) is 0 Å². The largest absolute Gasteiger partial charge is 0.466 e. The average molecular weight is 1300 g/mol. The van der Waals surface area contributed by atoms with Crippen LogP contribution in [-0.2, 0) is 14.3 Å². The zero-order chi connectivity index (χ0) is 66.3. The second-order valence-corrected chi connectivity index (χ2v) is 29.5. The lowest BCUT2D eigenvalue weighted by molar-refractivity contribution is -0.143. The molecule has 0 spiro atoms. The highest BCUT2D eigenvalue weighted by atomic mass is 16.5. The first-order chi connectivity index (χ1) is 45.5. The summed E-state index contributed by atoms with van der Waals surface area (Å²) in [6, 6.07) is -0.626. The molecule has 2 unspecified atom stereocenters. The van der Waals surface area contributed by atoms with Crippen LogP contribution < -0.4 is 5.32 Å². The molecule has 0 aromatic carbocycles. The summed E-state index contributed by atoms with van der Waals surface area (Å²) < 4.78 is 5.52. The van der Waals surface area contributed by atoms with Gasteiger partial charge in [-0.15, -0.1) is 0 Å². The fourth-order valence-corrected chi connectivity index (χ4v) is 13.8. The monoisotopic (exact) mass is 1290 g/mol. The molecule has 0 bridgehead atoms. The number of hydrogen-bond acceptors (Lipinski definition) is 5. The maximum absolute atomic E-state index is 12.6. The van der Waals surface area contributed by atoms with Crippen LogP contribution in [0.4, 0.5) is 0 Å². The number of rotatable bonds is 81. The molecule has 0 saturated heterocycles. The van der Waals surface area contributed by atoms with E-state index in [4.69, 9.17) is 4.74 Å². The van der Waals surface area contributed by atoms with E-state index in [9.17, 15) is 19.8 Å². The molecule has 1 amide bonds. The van der Waals surface area contributed by atoms with Gasteiger partial charge < -0.3 is 20.3 Å². The van der Waals surface area contributed by atoms with E-state index < -0.39 is 12.1 Å². The number of amides is 1. The summed E-state index contributed by atoms with van der Waals surface area (Å²) in [5, 5.41) is 23.3. The van der Waals surface area contributed by atoms with Crippen molar-refractivity contribution in [2.45, 2.75) is 501 Å². The van der Waals surface area contributed by atoms with Crippen LogP contribution in [-0.4, -0.2) is 47.4 Å². The molecule has 0 heterocycles. The molecule has 0 aromatic rings.